The van der Waals surface area contributed by atoms with Gasteiger partial charge in [-0.25, -0.2) is 8.78 Å². The summed E-state index contributed by atoms with van der Waals surface area (Å²) >= 11 is 0. The molecule has 3 aromatic rings. The standard InChI is InChI=1S/C17H15F2N3O2/c18-10-1-2-11(13(19)9-10)15(5-8-23)22-17(24)16-12-3-6-20-14(12)4-7-21-16/h1-4,6-7,9,15,20,23H,5,8H2,(H,22,24). The van der Waals surface area contributed by atoms with Gasteiger partial charge >= 0.3 is 0 Å². The molecular formula is C17H15F2N3O2. The molecule has 1 atom stereocenters. The van der Waals surface area contributed by atoms with Crippen LogP contribution in [0.1, 0.15) is 28.5 Å². The zero-order valence-electron chi connectivity index (χ0n) is 12.6. The molecule has 0 aliphatic rings. The van der Waals surface area contributed by atoms with Gasteiger partial charge in [0.15, 0.2) is 0 Å². The topological polar surface area (TPSA) is 78.0 Å². The predicted molar refractivity (Wildman–Crippen MR) is 84.4 cm³/mol. The van der Waals surface area contributed by atoms with Crippen molar-refractivity contribution in [1.82, 2.24) is 15.3 Å². The number of aromatic amines is 1. The number of pyridine rings is 1. The van der Waals surface area contributed by atoms with Gasteiger partial charge in [0.2, 0.25) is 0 Å². The van der Waals surface area contributed by atoms with Gasteiger partial charge in [0, 0.05) is 41.5 Å². The molecule has 5 nitrogen and oxygen atoms in total. The van der Waals surface area contributed by atoms with Crippen LogP contribution in [0.15, 0.2) is 42.7 Å². The lowest BCUT2D eigenvalue weighted by molar-refractivity contribution is 0.0926. The molecule has 0 saturated carbocycles. The van der Waals surface area contributed by atoms with E-state index in [4.69, 9.17) is 0 Å². The average Bonchev–Trinajstić information content (AvgIpc) is 3.03. The first-order chi connectivity index (χ1) is 11.6. The lowest BCUT2D eigenvalue weighted by Crippen LogP contribution is -2.30. The van der Waals surface area contributed by atoms with Crippen LogP contribution < -0.4 is 5.32 Å². The van der Waals surface area contributed by atoms with Crippen LogP contribution in [0.5, 0.6) is 0 Å². The van der Waals surface area contributed by atoms with Crippen LogP contribution in [0.25, 0.3) is 10.9 Å². The van der Waals surface area contributed by atoms with E-state index in [1.807, 2.05) is 0 Å². The number of amides is 1. The van der Waals surface area contributed by atoms with Crippen molar-refractivity contribution in [3.8, 4) is 0 Å². The Morgan fingerprint density at radius 1 is 1.29 bits per heavy atom. The zero-order valence-corrected chi connectivity index (χ0v) is 12.6. The Hall–Kier alpha value is -2.80. The van der Waals surface area contributed by atoms with Crippen LogP contribution in [0.2, 0.25) is 0 Å². The van der Waals surface area contributed by atoms with Gasteiger partial charge in [0.05, 0.1) is 6.04 Å². The largest absolute Gasteiger partial charge is 0.396 e. The number of carbonyl (C=O) groups excluding carboxylic acids is 1. The van der Waals surface area contributed by atoms with Gasteiger partial charge in [0.1, 0.15) is 17.3 Å². The minimum atomic E-state index is -0.793. The molecule has 2 heterocycles. The maximum Gasteiger partial charge on any atom is 0.271 e. The lowest BCUT2D eigenvalue weighted by Gasteiger charge is -2.19. The van der Waals surface area contributed by atoms with Crippen molar-refractivity contribution >= 4 is 16.8 Å². The van der Waals surface area contributed by atoms with E-state index in [0.717, 1.165) is 17.6 Å². The highest BCUT2D eigenvalue weighted by Gasteiger charge is 2.21. The third-order valence-electron chi connectivity index (χ3n) is 3.76. The summed E-state index contributed by atoms with van der Waals surface area (Å²) in [5.41, 5.74) is 1.06. The van der Waals surface area contributed by atoms with Crippen molar-refractivity contribution in [2.45, 2.75) is 12.5 Å². The zero-order chi connectivity index (χ0) is 17.1. The van der Waals surface area contributed by atoms with E-state index >= 15 is 0 Å². The van der Waals surface area contributed by atoms with Crippen molar-refractivity contribution in [2.75, 3.05) is 6.61 Å². The highest BCUT2D eigenvalue weighted by atomic mass is 19.1. The number of hydrogen-bond donors (Lipinski definition) is 3. The minimum Gasteiger partial charge on any atom is -0.396 e. The van der Waals surface area contributed by atoms with Gasteiger partial charge in [0.25, 0.3) is 5.91 Å². The third kappa shape index (κ3) is 3.11. The SMILES string of the molecule is O=C(NC(CCO)c1ccc(F)cc1F)c1nccc2[nH]ccc12. The lowest BCUT2D eigenvalue weighted by atomic mass is 10.0. The molecular weight excluding hydrogens is 316 g/mol. The Kier molecular flexibility index (Phi) is 4.52. The molecule has 24 heavy (non-hydrogen) atoms. The number of nitrogens with one attached hydrogen (secondary N) is 2. The summed E-state index contributed by atoms with van der Waals surface area (Å²) in [6, 6.07) is 5.78. The van der Waals surface area contributed by atoms with E-state index in [1.54, 1.807) is 18.3 Å². The highest BCUT2D eigenvalue weighted by molar-refractivity contribution is 6.04. The predicted octanol–water partition coefficient (Wildman–Crippen LogP) is 2.69. The Bertz CT molecular complexity index is 879. The Balaban J connectivity index is 1.90. The van der Waals surface area contributed by atoms with Gasteiger partial charge in [-0.3, -0.25) is 9.78 Å². The third-order valence-corrected chi connectivity index (χ3v) is 3.76. The van der Waals surface area contributed by atoms with E-state index in [0.29, 0.717) is 5.39 Å². The van der Waals surface area contributed by atoms with Gasteiger partial charge in [-0.2, -0.15) is 0 Å². The first kappa shape index (κ1) is 16.1. The molecule has 0 spiro atoms. The highest BCUT2D eigenvalue weighted by Crippen LogP contribution is 2.22. The van der Waals surface area contributed by atoms with Gasteiger partial charge in [-0.1, -0.05) is 6.07 Å². The molecule has 2 aromatic heterocycles. The fourth-order valence-corrected chi connectivity index (χ4v) is 2.61. The number of fused-ring (bicyclic) bond motifs is 1. The second-order valence-corrected chi connectivity index (χ2v) is 5.30. The van der Waals surface area contributed by atoms with Crippen molar-refractivity contribution in [3.05, 3.63) is 65.6 Å². The minimum absolute atomic E-state index is 0.0946. The smallest absolute Gasteiger partial charge is 0.271 e. The molecule has 3 N–H and O–H groups in total. The summed E-state index contributed by atoms with van der Waals surface area (Å²) < 4.78 is 27.1. The number of H-pyrrole nitrogens is 1. The van der Waals surface area contributed by atoms with Crippen molar-refractivity contribution in [2.24, 2.45) is 0 Å². The van der Waals surface area contributed by atoms with Gasteiger partial charge < -0.3 is 15.4 Å². The molecule has 0 bridgehead atoms. The fourth-order valence-electron chi connectivity index (χ4n) is 2.61. The fraction of sp³-hybridized carbons (Fsp3) is 0.176. The monoisotopic (exact) mass is 331 g/mol. The number of aliphatic hydroxyl groups is 1. The maximum absolute atomic E-state index is 14.0. The number of aromatic nitrogens is 2. The van der Waals surface area contributed by atoms with Crippen molar-refractivity contribution in [3.63, 3.8) is 0 Å². The first-order valence-electron chi connectivity index (χ1n) is 7.39. The maximum atomic E-state index is 14.0. The molecule has 3 rings (SSSR count). The van der Waals surface area contributed by atoms with E-state index < -0.39 is 23.6 Å². The summed E-state index contributed by atoms with van der Waals surface area (Å²) in [4.78, 5) is 19.6. The van der Waals surface area contributed by atoms with E-state index in [9.17, 15) is 18.7 Å². The van der Waals surface area contributed by atoms with Crippen LogP contribution in [0.3, 0.4) is 0 Å². The molecule has 124 valence electrons. The van der Waals surface area contributed by atoms with Crippen LogP contribution in [0.4, 0.5) is 8.78 Å². The number of halogens is 2. The molecule has 0 saturated heterocycles. The number of carbonyl (C=O) groups is 1. The van der Waals surface area contributed by atoms with Crippen molar-refractivity contribution < 1.29 is 18.7 Å². The molecule has 0 fully saturated rings. The van der Waals surface area contributed by atoms with E-state index in [-0.39, 0.29) is 24.3 Å². The van der Waals surface area contributed by atoms with E-state index in [2.05, 4.69) is 15.3 Å². The van der Waals surface area contributed by atoms with E-state index in [1.165, 1.54) is 12.3 Å². The number of aliphatic hydroxyl groups excluding tert-OH is 1. The number of rotatable bonds is 5. The van der Waals surface area contributed by atoms with Crippen LogP contribution in [-0.2, 0) is 0 Å². The van der Waals surface area contributed by atoms with Crippen molar-refractivity contribution in [1.29, 1.82) is 0 Å². The Morgan fingerprint density at radius 2 is 2.12 bits per heavy atom. The second kappa shape index (κ2) is 6.76. The number of nitrogens with zero attached hydrogens (tertiary/aromatic N) is 1. The summed E-state index contributed by atoms with van der Waals surface area (Å²) in [5, 5.41) is 12.5. The molecule has 1 amide bonds. The molecule has 0 radical (unpaired) electrons. The number of hydrogen-bond acceptors (Lipinski definition) is 3. The van der Waals surface area contributed by atoms with Crippen LogP contribution in [0, 0.1) is 11.6 Å². The normalized spacial score (nSPS) is 12.3. The molecule has 0 aliphatic heterocycles. The summed E-state index contributed by atoms with van der Waals surface area (Å²) in [6.45, 7) is -0.260. The Labute approximate surface area is 136 Å². The molecule has 0 aliphatic carbocycles. The quantitative estimate of drug-likeness (QED) is 0.673. The first-order valence-corrected chi connectivity index (χ1v) is 7.39. The number of benzene rings is 1. The molecule has 1 aromatic carbocycles. The molecule has 7 heteroatoms. The average molecular weight is 331 g/mol. The van der Waals surface area contributed by atoms with Gasteiger partial charge in [-0.05, 0) is 24.6 Å². The Morgan fingerprint density at radius 3 is 2.88 bits per heavy atom. The summed E-state index contributed by atoms with van der Waals surface area (Å²) in [6.07, 6.45) is 3.28. The van der Waals surface area contributed by atoms with Crippen LogP contribution in [-0.4, -0.2) is 27.6 Å². The van der Waals surface area contributed by atoms with Crippen LogP contribution >= 0.6 is 0 Å². The molecule has 1 unspecified atom stereocenters. The summed E-state index contributed by atoms with van der Waals surface area (Å²) in [7, 11) is 0. The van der Waals surface area contributed by atoms with Gasteiger partial charge in [-0.15, -0.1) is 0 Å². The summed E-state index contributed by atoms with van der Waals surface area (Å²) in [5.74, 6) is -1.98. The second-order valence-electron chi connectivity index (χ2n) is 5.30.